The predicted octanol–water partition coefficient (Wildman–Crippen LogP) is 2.50. The largest absolute Gasteiger partial charge is 0.394 e. The van der Waals surface area contributed by atoms with Gasteiger partial charge in [0.15, 0.2) is 0 Å². The van der Waals surface area contributed by atoms with Gasteiger partial charge in [-0.05, 0) is 44.2 Å². The summed E-state index contributed by atoms with van der Waals surface area (Å²) < 4.78 is 0. The van der Waals surface area contributed by atoms with Crippen LogP contribution in [0.25, 0.3) is 0 Å². The average molecular weight is 251 g/mol. The molecule has 0 spiro atoms. The highest BCUT2D eigenvalue weighted by atomic mass is 32.2. The number of benzene rings is 1. The predicted molar refractivity (Wildman–Crippen MR) is 73.4 cm³/mol. The van der Waals surface area contributed by atoms with Gasteiger partial charge in [0.05, 0.1) is 12.1 Å². The Morgan fingerprint density at radius 1 is 1.41 bits per heavy atom. The third-order valence-electron chi connectivity index (χ3n) is 3.51. The van der Waals surface area contributed by atoms with Crippen LogP contribution in [0.2, 0.25) is 0 Å². The quantitative estimate of drug-likeness (QED) is 0.790. The minimum Gasteiger partial charge on any atom is -0.394 e. The van der Waals surface area contributed by atoms with Crippen LogP contribution < -0.4 is 5.73 Å². The fourth-order valence-corrected chi connectivity index (χ4v) is 3.33. The number of hydrogen-bond acceptors (Lipinski definition) is 3. The summed E-state index contributed by atoms with van der Waals surface area (Å²) >= 11 is 1.77. The van der Waals surface area contributed by atoms with Crippen LogP contribution in [0, 0.1) is 19.8 Å². The molecule has 3 N–H and O–H groups in total. The molecule has 94 valence electrons. The summed E-state index contributed by atoms with van der Waals surface area (Å²) in [5.41, 5.74) is 8.46. The van der Waals surface area contributed by atoms with Crippen molar-refractivity contribution in [1.82, 2.24) is 0 Å². The molecule has 1 saturated carbocycles. The summed E-state index contributed by atoms with van der Waals surface area (Å²) in [5.74, 6) is 1.32. The molecule has 0 amide bonds. The molecule has 1 aromatic rings. The van der Waals surface area contributed by atoms with Crippen molar-refractivity contribution in [2.24, 2.45) is 11.7 Å². The van der Waals surface area contributed by atoms with Gasteiger partial charge in [-0.2, -0.15) is 0 Å². The van der Waals surface area contributed by atoms with Crippen molar-refractivity contribution in [1.29, 1.82) is 0 Å². The lowest BCUT2D eigenvalue weighted by Gasteiger charge is -2.27. The maximum Gasteiger partial charge on any atom is 0.0622 e. The summed E-state index contributed by atoms with van der Waals surface area (Å²) in [6.07, 6.45) is 2.34. The van der Waals surface area contributed by atoms with E-state index in [0.717, 1.165) is 5.75 Å². The summed E-state index contributed by atoms with van der Waals surface area (Å²) in [7, 11) is 0. The first-order valence-electron chi connectivity index (χ1n) is 6.15. The number of rotatable bonds is 5. The van der Waals surface area contributed by atoms with Gasteiger partial charge >= 0.3 is 0 Å². The van der Waals surface area contributed by atoms with E-state index in [2.05, 4.69) is 32.0 Å². The fraction of sp³-hybridized carbons (Fsp3) is 0.571. The Bertz CT molecular complexity index is 403. The lowest BCUT2D eigenvalue weighted by atomic mass is 9.99. The van der Waals surface area contributed by atoms with E-state index in [9.17, 15) is 5.11 Å². The monoisotopic (exact) mass is 251 g/mol. The fourth-order valence-electron chi connectivity index (χ4n) is 2.12. The lowest BCUT2D eigenvalue weighted by molar-refractivity contribution is 0.194. The maximum atomic E-state index is 9.45. The van der Waals surface area contributed by atoms with Crippen LogP contribution in [-0.4, -0.2) is 23.0 Å². The Morgan fingerprint density at radius 2 is 2.12 bits per heavy atom. The van der Waals surface area contributed by atoms with Crippen LogP contribution in [-0.2, 0) is 0 Å². The van der Waals surface area contributed by atoms with Gasteiger partial charge in [0.25, 0.3) is 0 Å². The van der Waals surface area contributed by atoms with E-state index in [-0.39, 0.29) is 12.1 Å². The van der Waals surface area contributed by atoms with E-state index in [1.54, 1.807) is 11.8 Å². The molecule has 1 aliphatic rings. The smallest absolute Gasteiger partial charge is 0.0622 e. The Labute approximate surface area is 108 Å². The first-order chi connectivity index (χ1) is 8.05. The number of aliphatic hydroxyl groups excluding tert-OH is 1. The number of nitrogens with two attached hydrogens (primary N) is 1. The zero-order valence-corrected chi connectivity index (χ0v) is 11.4. The van der Waals surface area contributed by atoms with Crippen LogP contribution in [0.1, 0.15) is 24.0 Å². The molecular weight excluding hydrogens is 230 g/mol. The first-order valence-corrected chi connectivity index (χ1v) is 7.13. The maximum absolute atomic E-state index is 9.45. The molecule has 0 aliphatic heterocycles. The van der Waals surface area contributed by atoms with Gasteiger partial charge in [-0.1, -0.05) is 17.7 Å². The zero-order chi connectivity index (χ0) is 12.5. The molecule has 0 radical (unpaired) electrons. The summed E-state index contributed by atoms with van der Waals surface area (Å²) in [5, 5.41) is 9.45. The van der Waals surface area contributed by atoms with E-state index in [4.69, 9.17) is 5.73 Å². The molecule has 2 nitrogen and oxygen atoms in total. The highest BCUT2D eigenvalue weighted by molar-refractivity contribution is 7.99. The average Bonchev–Trinajstić information content (AvgIpc) is 3.11. The van der Waals surface area contributed by atoms with Gasteiger partial charge < -0.3 is 10.8 Å². The molecule has 0 saturated heterocycles. The highest BCUT2D eigenvalue weighted by Crippen LogP contribution is 2.41. The molecule has 1 unspecified atom stereocenters. The molecule has 3 heteroatoms. The zero-order valence-electron chi connectivity index (χ0n) is 10.6. The molecule has 1 aliphatic carbocycles. The van der Waals surface area contributed by atoms with Crippen molar-refractivity contribution in [2.45, 2.75) is 37.1 Å². The molecule has 0 aromatic heterocycles. The number of aryl methyl sites for hydroxylation is 2. The standard InChI is InChI=1S/C14H21NOS/c1-10-3-6-13(11(2)7-10)17-9-14(15,8-16)12-4-5-12/h3,6-7,12,16H,4-5,8-9,15H2,1-2H3. The van der Waals surface area contributed by atoms with Crippen LogP contribution >= 0.6 is 11.8 Å². The summed E-state index contributed by atoms with van der Waals surface area (Å²) in [6.45, 7) is 4.33. The van der Waals surface area contributed by atoms with E-state index in [0.29, 0.717) is 5.92 Å². The third-order valence-corrected chi connectivity index (χ3v) is 4.96. The van der Waals surface area contributed by atoms with Crippen molar-refractivity contribution in [3.05, 3.63) is 29.3 Å². The Morgan fingerprint density at radius 3 is 2.65 bits per heavy atom. The van der Waals surface area contributed by atoms with Crippen LogP contribution in [0.5, 0.6) is 0 Å². The second kappa shape index (κ2) is 5.01. The molecule has 1 aromatic carbocycles. The number of aliphatic hydroxyl groups is 1. The highest BCUT2D eigenvalue weighted by Gasteiger charge is 2.41. The second-order valence-electron chi connectivity index (χ2n) is 5.22. The SMILES string of the molecule is Cc1ccc(SCC(N)(CO)C2CC2)c(C)c1. The van der Waals surface area contributed by atoms with Gasteiger partial charge in [0, 0.05) is 10.6 Å². The van der Waals surface area contributed by atoms with Crippen LogP contribution in [0.15, 0.2) is 23.1 Å². The van der Waals surface area contributed by atoms with Gasteiger partial charge in [-0.3, -0.25) is 0 Å². The first kappa shape index (κ1) is 12.9. The summed E-state index contributed by atoms with van der Waals surface area (Å²) in [6, 6.07) is 6.47. The minimum atomic E-state index is -0.387. The second-order valence-corrected chi connectivity index (χ2v) is 6.24. The van der Waals surface area contributed by atoms with E-state index < -0.39 is 0 Å². The van der Waals surface area contributed by atoms with Crippen molar-refractivity contribution in [2.75, 3.05) is 12.4 Å². The van der Waals surface area contributed by atoms with Crippen LogP contribution in [0.4, 0.5) is 0 Å². The Kier molecular flexibility index (Phi) is 3.81. The molecule has 0 bridgehead atoms. The minimum absolute atomic E-state index is 0.0928. The number of thioether (sulfide) groups is 1. The molecule has 1 fully saturated rings. The van der Waals surface area contributed by atoms with Crippen molar-refractivity contribution >= 4 is 11.8 Å². The molecular formula is C14H21NOS. The third kappa shape index (κ3) is 3.03. The Hall–Kier alpha value is -0.510. The van der Waals surface area contributed by atoms with Gasteiger partial charge in [-0.25, -0.2) is 0 Å². The van der Waals surface area contributed by atoms with Gasteiger partial charge in [-0.15, -0.1) is 11.8 Å². The molecule has 1 atom stereocenters. The van der Waals surface area contributed by atoms with E-state index >= 15 is 0 Å². The lowest BCUT2D eigenvalue weighted by Crippen LogP contribution is -2.48. The number of hydrogen-bond donors (Lipinski definition) is 2. The van der Waals surface area contributed by atoms with Crippen molar-refractivity contribution in [3.63, 3.8) is 0 Å². The van der Waals surface area contributed by atoms with E-state index in [1.807, 2.05) is 0 Å². The van der Waals surface area contributed by atoms with Crippen molar-refractivity contribution < 1.29 is 5.11 Å². The van der Waals surface area contributed by atoms with Crippen LogP contribution in [0.3, 0.4) is 0 Å². The normalized spacial score (nSPS) is 19.1. The van der Waals surface area contributed by atoms with Crippen molar-refractivity contribution in [3.8, 4) is 0 Å². The molecule has 2 rings (SSSR count). The topological polar surface area (TPSA) is 46.2 Å². The van der Waals surface area contributed by atoms with Gasteiger partial charge in [0.1, 0.15) is 0 Å². The molecule has 17 heavy (non-hydrogen) atoms. The van der Waals surface area contributed by atoms with Gasteiger partial charge in [0.2, 0.25) is 0 Å². The Balaban J connectivity index is 2.01. The van der Waals surface area contributed by atoms with E-state index in [1.165, 1.54) is 28.9 Å². The summed E-state index contributed by atoms with van der Waals surface area (Å²) in [4.78, 5) is 1.28. The molecule has 0 heterocycles.